The molecule has 0 aliphatic heterocycles. The molecule has 0 radical (unpaired) electrons. The molecular formula is C16H23N3. The van der Waals surface area contributed by atoms with E-state index in [2.05, 4.69) is 73.1 Å². The summed E-state index contributed by atoms with van der Waals surface area (Å²) in [5, 5.41) is 7.42. The lowest BCUT2D eigenvalue weighted by molar-refractivity contribution is 0.474. The largest absolute Gasteiger partial charge is 0.361 e. The van der Waals surface area contributed by atoms with Crippen LogP contribution in [0.3, 0.4) is 0 Å². The molecule has 1 N–H and O–H groups in total. The van der Waals surface area contributed by atoms with Crippen molar-refractivity contribution in [2.75, 3.05) is 11.4 Å². The van der Waals surface area contributed by atoms with Gasteiger partial charge in [-0.1, -0.05) is 18.2 Å². The third kappa shape index (κ3) is 2.50. The van der Waals surface area contributed by atoms with Gasteiger partial charge in [0.2, 0.25) is 0 Å². The SMILES string of the molecule is CCN(c1ccccc1C)C(C)(C)c1cc(C)n[nH]1. The van der Waals surface area contributed by atoms with E-state index in [9.17, 15) is 0 Å². The summed E-state index contributed by atoms with van der Waals surface area (Å²) in [6.07, 6.45) is 0. The average molecular weight is 257 g/mol. The highest BCUT2D eigenvalue weighted by atomic mass is 15.2. The Morgan fingerprint density at radius 1 is 1.21 bits per heavy atom. The molecular weight excluding hydrogens is 234 g/mol. The molecule has 0 bridgehead atoms. The quantitative estimate of drug-likeness (QED) is 0.903. The van der Waals surface area contributed by atoms with Crippen molar-refractivity contribution in [3.8, 4) is 0 Å². The van der Waals surface area contributed by atoms with Gasteiger partial charge >= 0.3 is 0 Å². The van der Waals surface area contributed by atoms with Crippen LogP contribution in [0.4, 0.5) is 5.69 Å². The minimum absolute atomic E-state index is 0.109. The third-order valence-corrected chi connectivity index (χ3v) is 3.76. The first kappa shape index (κ1) is 13.7. The molecule has 2 rings (SSSR count). The third-order valence-electron chi connectivity index (χ3n) is 3.76. The highest BCUT2D eigenvalue weighted by Gasteiger charge is 2.30. The predicted molar refractivity (Wildman–Crippen MR) is 80.5 cm³/mol. The molecule has 3 nitrogen and oxygen atoms in total. The number of rotatable bonds is 4. The number of benzene rings is 1. The minimum Gasteiger partial charge on any atom is -0.361 e. The molecule has 2 aromatic rings. The fourth-order valence-electron chi connectivity index (χ4n) is 2.61. The molecule has 0 spiro atoms. The lowest BCUT2D eigenvalue weighted by atomic mass is 9.96. The number of nitrogens with one attached hydrogen (secondary N) is 1. The maximum absolute atomic E-state index is 4.26. The van der Waals surface area contributed by atoms with Crippen molar-refractivity contribution in [1.82, 2.24) is 10.2 Å². The summed E-state index contributed by atoms with van der Waals surface area (Å²) < 4.78 is 0. The van der Waals surface area contributed by atoms with Crippen LogP contribution in [-0.2, 0) is 5.54 Å². The molecule has 0 saturated carbocycles. The number of aromatic nitrogens is 2. The highest BCUT2D eigenvalue weighted by molar-refractivity contribution is 5.55. The standard InChI is InChI=1S/C16H23N3/c1-6-19(14-10-8-7-9-12(14)2)16(4,5)15-11-13(3)17-18-15/h7-11H,6H2,1-5H3,(H,17,18). The van der Waals surface area contributed by atoms with E-state index < -0.39 is 0 Å². The van der Waals surface area contributed by atoms with Crippen LogP contribution in [0, 0.1) is 13.8 Å². The van der Waals surface area contributed by atoms with Gasteiger partial charge in [-0.15, -0.1) is 0 Å². The Hall–Kier alpha value is -1.77. The van der Waals surface area contributed by atoms with Crippen molar-refractivity contribution in [2.45, 2.75) is 40.2 Å². The number of para-hydroxylation sites is 1. The summed E-state index contributed by atoms with van der Waals surface area (Å²) in [5.74, 6) is 0. The number of nitrogens with zero attached hydrogens (tertiary/aromatic N) is 2. The van der Waals surface area contributed by atoms with Crippen molar-refractivity contribution in [3.63, 3.8) is 0 Å². The van der Waals surface area contributed by atoms with Crippen molar-refractivity contribution >= 4 is 5.69 Å². The fraction of sp³-hybridized carbons (Fsp3) is 0.438. The molecule has 0 fully saturated rings. The second kappa shape index (κ2) is 5.08. The van der Waals surface area contributed by atoms with Gasteiger partial charge in [0.05, 0.1) is 16.9 Å². The molecule has 3 heteroatoms. The Kier molecular flexibility index (Phi) is 3.65. The predicted octanol–water partition coefficient (Wildman–Crippen LogP) is 3.79. The normalized spacial score (nSPS) is 11.6. The van der Waals surface area contributed by atoms with E-state index in [1.807, 2.05) is 6.92 Å². The van der Waals surface area contributed by atoms with E-state index in [0.29, 0.717) is 0 Å². The summed E-state index contributed by atoms with van der Waals surface area (Å²) in [4.78, 5) is 2.41. The molecule has 0 amide bonds. The molecule has 102 valence electrons. The van der Waals surface area contributed by atoms with Crippen molar-refractivity contribution < 1.29 is 0 Å². The van der Waals surface area contributed by atoms with Gasteiger partial charge in [-0.2, -0.15) is 5.10 Å². The van der Waals surface area contributed by atoms with Gasteiger partial charge in [-0.3, -0.25) is 5.10 Å². The molecule has 0 aliphatic rings. The van der Waals surface area contributed by atoms with E-state index in [0.717, 1.165) is 17.9 Å². The Morgan fingerprint density at radius 2 is 1.89 bits per heavy atom. The second-order valence-electron chi connectivity index (χ2n) is 5.51. The maximum Gasteiger partial charge on any atom is 0.0762 e. The molecule has 0 atom stereocenters. The van der Waals surface area contributed by atoms with Crippen LogP contribution in [0.25, 0.3) is 0 Å². The smallest absolute Gasteiger partial charge is 0.0762 e. The Labute approximate surface area is 115 Å². The number of aromatic amines is 1. The van der Waals surface area contributed by atoms with Gasteiger partial charge in [0, 0.05) is 12.2 Å². The molecule has 0 unspecified atom stereocenters. The van der Waals surface area contributed by atoms with Gasteiger partial charge in [0.1, 0.15) is 0 Å². The Morgan fingerprint density at radius 3 is 2.42 bits per heavy atom. The molecule has 1 aromatic heterocycles. The lowest BCUT2D eigenvalue weighted by Crippen LogP contribution is -2.42. The first-order chi connectivity index (χ1) is 8.96. The molecule has 0 aliphatic carbocycles. The van der Waals surface area contributed by atoms with Crippen LogP contribution in [0.5, 0.6) is 0 Å². The number of H-pyrrole nitrogens is 1. The van der Waals surface area contributed by atoms with Crippen molar-refractivity contribution in [2.24, 2.45) is 0 Å². The monoisotopic (exact) mass is 257 g/mol. The number of anilines is 1. The van der Waals surface area contributed by atoms with E-state index in [1.165, 1.54) is 11.3 Å². The fourth-order valence-corrected chi connectivity index (χ4v) is 2.61. The van der Waals surface area contributed by atoms with Crippen molar-refractivity contribution in [1.29, 1.82) is 0 Å². The molecule has 1 aromatic carbocycles. The second-order valence-corrected chi connectivity index (χ2v) is 5.51. The van der Waals surface area contributed by atoms with Crippen LogP contribution in [0.1, 0.15) is 37.7 Å². The van der Waals surface area contributed by atoms with E-state index in [4.69, 9.17) is 0 Å². The zero-order valence-electron chi connectivity index (χ0n) is 12.5. The van der Waals surface area contributed by atoms with Crippen LogP contribution in [0.15, 0.2) is 30.3 Å². The summed E-state index contributed by atoms with van der Waals surface area (Å²) in [7, 11) is 0. The van der Waals surface area contributed by atoms with Crippen molar-refractivity contribution in [3.05, 3.63) is 47.3 Å². The summed E-state index contributed by atoms with van der Waals surface area (Å²) in [6.45, 7) is 11.8. The van der Waals surface area contributed by atoms with E-state index in [-0.39, 0.29) is 5.54 Å². The zero-order valence-corrected chi connectivity index (χ0v) is 12.5. The van der Waals surface area contributed by atoms with E-state index in [1.54, 1.807) is 0 Å². The van der Waals surface area contributed by atoms with E-state index >= 15 is 0 Å². The number of hydrogen-bond donors (Lipinski definition) is 1. The first-order valence-electron chi connectivity index (χ1n) is 6.82. The maximum atomic E-state index is 4.26. The molecule has 19 heavy (non-hydrogen) atoms. The Balaban J connectivity index is 2.44. The van der Waals surface area contributed by atoms with Gasteiger partial charge in [-0.25, -0.2) is 0 Å². The Bertz CT molecular complexity index is 555. The average Bonchev–Trinajstić information content (AvgIpc) is 2.80. The minimum atomic E-state index is -0.109. The highest BCUT2D eigenvalue weighted by Crippen LogP contribution is 2.33. The number of hydrogen-bond acceptors (Lipinski definition) is 2. The van der Waals surface area contributed by atoms with Gasteiger partial charge in [0.15, 0.2) is 0 Å². The summed E-state index contributed by atoms with van der Waals surface area (Å²) in [6, 6.07) is 10.6. The molecule has 1 heterocycles. The topological polar surface area (TPSA) is 31.9 Å². The van der Waals surface area contributed by atoms with Gasteiger partial charge in [0.25, 0.3) is 0 Å². The lowest BCUT2D eigenvalue weighted by Gasteiger charge is -2.40. The van der Waals surface area contributed by atoms with Crippen LogP contribution >= 0.6 is 0 Å². The van der Waals surface area contributed by atoms with Crippen LogP contribution in [0.2, 0.25) is 0 Å². The first-order valence-corrected chi connectivity index (χ1v) is 6.82. The zero-order chi connectivity index (χ0) is 14.0. The van der Waals surface area contributed by atoms with Crippen LogP contribution in [-0.4, -0.2) is 16.7 Å². The summed E-state index contributed by atoms with van der Waals surface area (Å²) in [5.41, 5.74) is 4.65. The summed E-state index contributed by atoms with van der Waals surface area (Å²) >= 11 is 0. The molecule has 0 saturated heterocycles. The van der Waals surface area contributed by atoms with Gasteiger partial charge < -0.3 is 4.90 Å². The number of aryl methyl sites for hydroxylation is 2. The van der Waals surface area contributed by atoms with Crippen LogP contribution < -0.4 is 4.90 Å². The van der Waals surface area contributed by atoms with Gasteiger partial charge in [-0.05, 0) is 52.3 Å².